The van der Waals surface area contributed by atoms with Crippen LogP contribution in [0.15, 0.2) is 60.8 Å². The van der Waals surface area contributed by atoms with Crippen molar-refractivity contribution in [2.24, 2.45) is 0 Å². The van der Waals surface area contributed by atoms with Crippen molar-refractivity contribution in [3.63, 3.8) is 0 Å². The van der Waals surface area contributed by atoms with Crippen LogP contribution in [0.25, 0.3) is 11.1 Å². The molecule has 0 bridgehead atoms. The van der Waals surface area contributed by atoms with E-state index in [0.717, 1.165) is 65.7 Å². The number of nitrogens with one attached hydrogen (secondary N) is 2. The fourth-order valence-corrected chi connectivity index (χ4v) is 5.94. The summed E-state index contributed by atoms with van der Waals surface area (Å²) in [7, 11) is 0. The third-order valence-corrected chi connectivity index (χ3v) is 8.59. The molecule has 0 spiro atoms. The molecule has 2 aromatic carbocycles. The number of rotatable bonds is 11. The van der Waals surface area contributed by atoms with Crippen molar-refractivity contribution in [2.75, 3.05) is 36.9 Å². The van der Waals surface area contributed by atoms with Crippen LogP contribution in [0.4, 0.5) is 11.4 Å². The van der Waals surface area contributed by atoms with Gasteiger partial charge in [0.2, 0.25) is 0 Å². The third-order valence-electron chi connectivity index (χ3n) is 8.18. The number of amides is 2. The molecule has 0 radical (unpaired) electrons. The Morgan fingerprint density at radius 2 is 1.64 bits per heavy atom. The molecule has 4 aromatic rings. The second kappa shape index (κ2) is 14.8. The fraction of sp³-hybridized carbons (Fsp3) is 0.314. The van der Waals surface area contributed by atoms with E-state index >= 15 is 0 Å². The second-order valence-corrected chi connectivity index (χ2v) is 11.7. The molecule has 0 aliphatic carbocycles. The van der Waals surface area contributed by atoms with E-state index in [4.69, 9.17) is 16.7 Å². The summed E-state index contributed by atoms with van der Waals surface area (Å²) in [5.41, 5.74) is 8.09. The maximum Gasteiger partial charge on any atom is 0.274 e. The Hall–Kier alpha value is -4.15. The minimum Gasteiger partial charge on any atom is -0.396 e. The van der Waals surface area contributed by atoms with Gasteiger partial charge in [-0.1, -0.05) is 41.9 Å². The lowest BCUT2D eigenvalue weighted by atomic mass is 9.98. The third kappa shape index (κ3) is 7.57. The molecule has 3 heterocycles. The van der Waals surface area contributed by atoms with Crippen molar-refractivity contribution in [1.82, 2.24) is 14.9 Å². The number of hydrogen-bond acceptors (Lipinski definition) is 7. The summed E-state index contributed by atoms with van der Waals surface area (Å²) in [5, 5.41) is 24.6. The SMILES string of the molecule is Cc1cc(C(=O)Nc2cccc(-c3cccc(NC(=O)c4ccc(CCCCO)cn4)c3C)c2Cl)nc2c1CCN(CCO)C2. The number of aromatic nitrogens is 2. The molecule has 45 heavy (non-hydrogen) atoms. The minimum absolute atomic E-state index is 0.0797. The van der Waals surface area contributed by atoms with Gasteiger partial charge in [0.25, 0.3) is 11.8 Å². The molecule has 234 valence electrons. The van der Waals surface area contributed by atoms with E-state index in [-0.39, 0.29) is 25.0 Å². The summed E-state index contributed by atoms with van der Waals surface area (Å²) in [5.74, 6) is -0.680. The van der Waals surface area contributed by atoms with Gasteiger partial charge in [0, 0.05) is 43.7 Å². The zero-order chi connectivity index (χ0) is 31.9. The lowest BCUT2D eigenvalue weighted by Crippen LogP contribution is -2.34. The highest BCUT2D eigenvalue weighted by atomic mass is 35.5. The maximum absolute atomic E-state index is 13.4. The summed E-state index contributed by atoms with van der Waals surface area (Å²) in [6, 6.07) is 16.4. The molecule has 0 saturated heterocycles. The summed E-state index contributed by atoms with van der Waals surface area (Å²) >= 11 is 6.88. The zero-order valence-corrected chi connectivity index (χ0v) is 26.3. The number of unbranched alkanes of at least 4 members (excludes halogenated alkanes) is 1. The number of carbonyl (C=O) groups is 2. The molecule has 5 rings (SSSR count). The van der Waals surface area contributed by atoms with Gasteiger partial charge in [0.05, 0.1) is 23.0 Å². The Kier molecular flexibility index (Phi) is 10.6. The topological polar surface area (TPSA) is 128 Å². The smallest absolute Gasteiger partial charge is 0.274 e. The molecule has 0 unspecified atom stereocenters. The first kappa shape index (κ1) is 32.2. The number of β-amino-alcohol motifs (C(OH)–C–C–N with tert-alkyl or cyclic N) is 1. The average Bonchev–Trinajstić information content (AvgIpc) is 3.03. The number of aliphatic hydroxyl groups excluding tert-OH is 2. The molecule has 1 aliphatic heterocycles. The van der Waals surface area contributed by atoms with Crippen molar-refractivity contribution >= 4 is 34.8 Å². The van der Waals surface area contributed by atoms with Crippen molar-refractivity contribution in [2.45, 2.75) is 46.1 Å². The van der Waals surface area contributed by atoms with Crippen LogP contribution in [-0.4, -0.2) is 63.2 Å². The molecule has 1 aliphatic rings. The number of aryl methyl sites for hydroxylation is 2. The summed E-state index contributed by atoms with van der Waals surface area (Å²) in [6.45, 7) is 6.15. The van der Waals surface area contributed by atoms with E-state index in [2.05, 4.69) is 25.5 Å². The van der Waals surface area contributed by atoms with E-state index in [0.29, 0.717) is 46.4 Å². The van der Waals surface area contributed by atoms with Gasteiger partial charge < -0.3 is 20.8 Å². The lowest BCUT2D eigenvalue weighted by molar-refractivity contribution is 0.101. The highest BCUT2D eigenvalue weighted by molar-refractivity contribution is 6.36. The van der Waals surface area contributed by atoms with E-state index in [1.165, 1.54) is 0 Å². The monoisotopic (exact) mass is 627 g/mol. The molecule has 0 atom stereocenters. The van der Waals surface area contributed by atoms with Gasteiger partial charge >= 0.3 is 0 Å². The van der Waals surface area contributed by atoms with Crippen LogP contribution in [0, 0.1) is 13.8 Å². The number of anilines is 2. The molecule has 10 heteroatoms. The van der Waals surface area contributed by atoms with Crippen molar-refractivity contribution in [3.8, 4) is 11.1 Å². The summed E-state index contributed by atoms with van der Waals surface area (Å²) in [4.78, 5) is 37.5. The van der Waals surface area contributed by atoms with E-state index in [9.17, 15) is 14.7 Å². The van der Waals surface area contributed by atoms with Crippen molar-refractivity contribution in [1.29, 1.82) is 0 Å². The number of nitrogens with zero attached hydrogens (tertiary/aromatic N) is 3. The van der Waals surface area contributed by atoms with Crippen LogP contribution in [-0.2, 0) is 19.4 Å². The maximum atomic E-state index is 13.4. The summed E-state index contributed by atoms with van der Waals surface area (Å²) < 4.78 is 0. The standard InChI is InChI=1S/C35H38ClN5O4/c1-22-19-31(38-32-21-41(16-18-43)15-14-25(22)32)35(45)40-29-11-6-9-27(33(29)36)26-8-5-10-28(23(26)2)39-34(44)30-13-12-24(20-37-30)7-3-4-17-42/h5-6,8-13,19-20,42-43H,3-4,7,14-18,21H2,1-2H3,(H,39,44)(H,40,45). The Morgan fingerprint density at radius 3 is 2.38 bits per heavy atom. The van der Waals surface area contributed by atoms with Gasteiger partial charge in [-0.3, -0.25) is 19.5 Å². The van der Waals surface area contributed by atoms with Crippen molar-refractivity contribution in [3.05, 3.63) is 105 Å². The first-order valence-corrected chi connectivity index (χ1v) is 15.6. The molecule has 4 N–H and O–H groups in total. The van der Waals surface area contributed by atoms with Gasteiger partial charge in [-0.25, -0.2) is 4.98 Å². The Balaban J connectivity index is 1.33. The molecule has 0 saturated carbocycles. The molecule has 2 amide bonds. The molecule has 2 aromatic heterocycles. The van der Waals surface area contributed by atoms with Gasteiger partial charge in [-0.05, 0) is 91.6 Å². The van der Waals surface area contributed by atoms with Crippen LogP contribution in [0.3, 0.4) is 0 Å². The number of halogens is 1. The van der Waals surface area contributed by atoms with Crippen LogP contribution >= 0.6 is 11.6 Å². The molecular formula is C35H38ClN5O4. The Bertz CT molecular complexity index is 1690. The number of aliphatic hydroxyl groups is 2. The first-order valence-electron chi connectivity index (χ1n) is 15.2. The Morgan fingerprint density at radius 1 is 0.911 bits per heavy atom. The first-order chi connectivity index (χ1) is 21.8. The predicted octanol–water partition coefficient (Wildman–Crippen LogP) is 5.58. The van der Waals surface area contributed by atoms with Gasteiger partial charge in [0.15, 0.2) is 0 Å². The predicted molar refractivity (Wildman–Crippen MR) is 177 cm³/mol. The number of benzene rings is 2. The number of fused-ring (bicyclic) bond motifs is 1. The van der Waals surface area contributed by atoms with E-state index in [1.807, 2.05) is 56.3 Å². The van der Waals surface area contributed by atoms with Crippen LogP contribution < -0.4 is 10.6 Å². The minimum atomic E-state index is -0.358. The number of pyridine rings is 2. The van der Waals surface area contributed by atoms with Gasteiger partial charge in [-0.15, -0.1) is 0 Å². The highest BCUT2D eigenvalue weighted by Crippen LogP contribution is 2.37. The van der Waals surface area contributed by atoms with E-state index in [1.54, 1.807) is 18.3 Å². The normalized spacial score (nSPS) is 12.9. The number of carbonyl (C=O) groups excluding carboxylic acids is 2. The molecule has 9 nitrogen and oxygen atoms in total. The highest BCUT2D eigenvalue weighted by Gasteiger charge is 2.22. The van der Waals surface area contributed by atoms with Gasteiger partial charge in [-0.2, -0.15) is 0 Å². The zero-order valence-electron chi connectivity index (χ0n) is 25.6. The van der Waals surface area contributed by atoms with Crippen LogP contribution in [0.1, 0.15) is 61.8 Å². The Labute approximate surface area is 268 Å². The average molecular weight is 628 g/mol. The van der Waals surface area contributed by atoms with Gasteiger partial charge in [0.1, 0.15) is 11.4 Å². The van der Waals surface area contributed by atoms with E-state index < -0.39 is 0 Å². The largest absolute Gasteiger partial charge is 0.396 e. The number of hydrogen-bond donors (Lipinski definition) is 4. The van der Waals surface area contributed by atoms with Crippen LogP contribution in [0.5, 0.6) is 0 Å². The lowest BCUT2D eigenvalue weighted by Gasteiger charge is -2.28. The van der Waals surface area contributed by atoms with Crippen molar-refractivity contribution < 1.29 is 19.8 Å². The van der Waals surface area contributed by atoms with Crippen LogP contribution in [0.2, 0.25) is 5.02 Å². The quantitative estimate of drug-likeness (QED) is 0.160. The fourth-order valence-electron chi connectivity index (χ4n) is 5.67. The second-order valence-electron chi connectivity index (χ2n) is 11.3. The summed E-state index contributed by atoms with van der Waals surface area (Å²) in [6.07, 6.45) is 4.91. The molecular weight excluding hydrogens is 590 g/mol. The molecule has 0 fully saturated rings.